The van der Waals surface area contributed by atoms with Crippen molar-refractivity contribution in [2.45, 2.75) is 46.2 Å². The Labute approximate surface area is 140 Å². The first-order valence-electron chi connectivity index (χ1n) is 8.50. The van der Waals surface area contributed by atoms with Gasteiger partial charge in [0.15, 0.2) is 5.96 Å². The molecular weight excluding hydrogens is 288 g/mol. The van der Waals surface area contributed by atoms with Crippen LogP contribution in [0.15, 0.2) is 29.3 Å². The second-order valence-electron chi connectivity index (χ2n) is 5.69. The van der Waals surface area contributed by atoms with E-state index in [-0.39, 0.29) is 6.04 Å². The second-order valence-corrected chi connectivity index (χ2v) is 5.69. The molecule has 130 valence electrons. The number of guanidine groups is 1. The smallest absolute Gasteiger partial charge is 0.188 e. The summed E-state index contributed by atoms with van der Waals surface area (Å²) in [5, 5.41) is 3.22. The molecule has 0 spiro atoms. The van der Waals surface area contributed by atoms with Crippen LogP contribution in [0.4, 0.5) is 0 Å². The van der Waals surface area contributed by atoms with Gasteiger partial charge in [-0.2, -0.15) is 0 Å². The highest BCUT2D eigenvalue weighted by Gasteiger charge is 2.18. The zero-order chi connectivity index (χ0) is 17.2. The summed E-state index contributed by atoms with van der Waals surface area (Å²) in [7, 11) is 1.69. The summed E-state index contributed by atoms with van der Waals surface area (Å²) in [6.45, 7) is 11.1. The fourth-order valence-corrected chi connectivity index (χ4v) is 2.53. The van der Waals surface area contributed by atoms with Crippen LogP contribution in [0.2, 0.25) is 0 Å². The minimum Gasteiger partial charge on any atom is -0.497 e. The maximum atomic E-state index is 6.01. The van der Waals surface area contributed by atoms with Crippen LogP contribution in [0.25, 0.3) is 0 Å². The van der Waals surface area contributed by atoms with Gasteiger partial charge in [0, 0.05) is 6.04 Å². The third-order valence-corrected chi connectivity index (χ3v) is 4.17. The third kappa shape index (κ3) is 6.10. The molecule has 1 rings (SSSR count). The van der Waals surface area contributed by atoms with E-state index in [2.05, 4.69) is 55.0 Å². The Morgan fingerprint density at radius 3 is 2.57 bits per heavy atom. The first-order valence-corrected chi connectivity index (χ1v) is 8.50. The monoisotopic (exact) mass is 320 g/mol. The topological polar surface area (TPSA) is 62.9 Å². The number of likely N-dealkylation sites (N-methyl/N-ethyl adjacent to an activating group) is 1. The molecule has 1 aromatic rings. The summed E-state index contributed by atoms with van der Waals surface area (Å²) in [5.41, 5.74) is 7.21. The standard InChI is InChI=1S/C18H32N4O/c1-6-14(4)21-18(19)20-13-17(22(7-2)8-3)15-10-9-11-16(12-15)23-5/h9-12,14,17H,6-8,13H2,1-5H3,(H3,19,20,21). The van der Waals surface area contributed by atoms with E-state index in [1.807, 2.05) is 12.1 Å². The Balaban J connectivity index is 2.94. The van der Waals surface area contributed by atoms with Crippen LogP contribution >= 0.6 is 0 Å². The van der Waals surface area contributed by atoms with Gasteiger partial charge in [0.05, 0.1) is 19.7 Å². The van der Waals surface area contributed by atoms with Crippen molar-refractivity contribution in [1.82, 2.24) is 10.2 Å². The Morgan fingerprint density at radius 1 is 1.30 bits per heavy atom. The quantitative estimate of drug-likeness (QED) is 0.542. The summed E-state index contributed by atoms with van der Waals surface area (Å²) in [6.07, 6.45) is 1.02. The summed E-state index contributed by atoms with van der Waals surface area (Å²) in [6, 6.07) is 8.72. The number of hydrogen-bond acceptors (Lipinski definition) is 3. The van der Waals surface area contributed by atoms with Crippen LogP contribution < -0.4 is 15.8 Å². The van der Waals surface area contributed by atoms with Crippen LogP contribution in [0.3, 0.4) is 0 Å². The van der Waals surface area contributed by atoms with Crippen molar-refractivity contribution in [1.29, 1.82) is 0 Å². The molecule has 2 atom stereocenters. The number of hydrogen-bond donors (Lipinski definition) is 2. The molecule has 0 aromatic heterocycles. The Hall–Kier alpha value is -1.75. The van der Waals surface area contributed by atoms with Crippen molar-refractivity contribution in [3.63, 3.8) is 0 Å². The van der Waals surface area contributed by atoms with Gasteiger partial charge in [-0.05, 0) is 44.1 Å². The lowest BCUT2D eigenvalue weighted by Gasteiger charge is -2.29. The molecular formula is C18H32N4O. The predicted molar refractivity (Wildman–Crippen MR) is 98.0 cm³/mol. The van der Waals surface area contributed by atoms with Crippen molar-refractivity contribution in [3.05, 3.63) is 29.8 Å². The predicted octanol–water partition coefficient (Wildman–Crippen LogP) is 2.78. The largest absolute Gasteiger partial charge is 0.497 e. The van der Waals surface area contributed by atoms with E-state index in [1.165, 1.54) is 5.56 Å². The molecule has 2 unspecified atom stereocenters. The maximum absolute atomic E-state index is 6.01. The van der Waals surface area contributed by atoms with E-state index in [0.29, 0.717) is 18.5 Å². The first-order chi connectivity index (χ1) is 11.0. The molecule has 0 amide bonds. The van der Waals surface area contributed by atoms with E-state index in [1.54, 1.807) is 7.11 Å². The Morgan fingerprint density at radius 2 is 2.00 bits per heavy atom. The maximum Gasteiger partial charge on any atom is 0.188 e. The molecule has 0 bridgehead atoms. The van der Waals surface area contributed by atoms with E-state index >= 15 is 0 Å². The average Bonchev–Trinajstić information content (AvgIpc) is 2.58. The highest BCUT2D eigenvalue weighted by atomic mass is 16.5. The van der Waals surface area contributed by atoms with Crippen LogP contribution in [0, 0.1) is 0 Å². The average molecular weight is 320 g/mol. The number of nitrogens with two attached hydrogens (primary N) is 1. The highest BCUT2D eigenvalue weighted by molar-refractivity contribution is 5.78. The molecule has 3 N–H and O–H groups in total. The van der Waals surface area contributed by atoms with Gasteiger partial charge in [0.25, 0.3) is 0 Å². The molecule has 0 heterocycles. The molecule has 0 aliphatic rings. The van der Waals surface area contributed by atoms with Crippen molar-refractivity contribution in [2.75, 3.05) is 26.7 Å². The molecule has 0 aliphatic carbocycles. The lowest BCUT2D eigenvalue weighted by Crippen LogP contribution is -2.39. The summed E-state index contributed by atoms with van der Waals surface area (Å²) in [4.78, 5) is 6.95. The SMILES string of the molecule is CCC(C)NC(N)=NCC(c1cccc(OC)c1)N(CC)CC. The van der Waals surface area contributed by atoms with Crippen LogP contribution in [-0.4, -0.2) is 43.6 Å². The fourth-order valence-electron chi connectivity index (χ4n) is 2.53. The van der Waals surface area contributed by atoms with E-state index in [9.17, 15) is 0 Å². The van der Waals surface area contributed by atoms with Crippen molar-refractivity contribution in [2.24, 2.45) is 10.7 Å². The fraction of sp³-hybridized carbons (Fsp3) is 0.611. The highest BCUT2D eigenvalue weighted by Crippen LogP contribution is 2.24. The lowest BCUT2D eigenvalue weighted by molar-refractivity contribution is 0.224. The van der Waals surface area contributed by atoms with Crippen molar-refractivity contribution in [3.8, 4) is 5.75 Å². The number of ether oxygens (including phenoxy) is 1. The van der Waals surface area contributed by atoms with Crippen LogP contribution in [0.5, 0.6) is 5.75 Å². The van der Waals surface area contributed by atoms with Gasteiger partial charge in [-0.25, -0.2) is 0 Å². The summed E-state index contributed by atoms with van der Waals surface area (Å²) in [5.74, 6) is 1.38. The molecule has 0 radical (unpaired) electrons. The molecule has 0 aliphatic heterocycles. The van der Waals surface area contributed by atoms with Gasteiger partial charge in [-0.3, -0.25) is 9.89 Å². The molecule has 0 saturated carbocycles. The second kappa shape index (κ2) is 10.1. The molecule has 0 saturated heterocycles. The van der Waals surface area contributed by atoms with Gasteiger partial charge in [0.2, 0.25) is 0 Å². The van der Waals surface area contributed by atoms with Gasteiger partial charge >= 0.3 is 0 Å². The van der Waals surface area contributed by atoms with Gasteiger partial charge in [-0.15, -0.1) is 0 Å². The zero-order valence-corrected chi connectivity index (χ0v) is 15.2. The third-order valence-electron chi connectivity index (χ3n) is 4.17. The molecule has 23 heavy (non-hydrogen) atoms. The minimum atomic E-state index is 0.192. The zero-order valence-electron chi connectivity index (χ0n) is 15.2. The number of methoxy groups -OCH3 is 1. The Bertz CT molecular complexity index is 486. The molecule has 0 fully saturated rings. The van der Waals surface area contributed by atoms with Crippen molar-refractivity contribution < 1.29 is 4.74 Å². The summed E-state index contributed by atoms with van der Waals surface area (Å²) < 4.78 is 5.35. The van der Waals surface area contributed by atoms with Crippen LogP contribution in [-0.2, 0) is 0 Å². The lowest BCUT2D eigenvalue weighted by atomic mass is 10.0. The molecule has 5 nitrogen and oxygen atoms in total. The number of aliphatic imine (C=N–C) groups is 1. The number of benzene rings is 1. The van der Waals surface area contributed by atoms with E-state index < -0.39 is 0 Å². The Kier molecular flexibility index (Phi) is 8.48. The molecule has 1 aromatic carbocycles. The van der Waals surface area contributed by atoms with Crippen molar-refractivity contribution >= 4 is 5.96 Å². The van der Waals surface area contributed by atoms with Gasteiger partial charge < -0.3 is 15.8 Å². The normalized spacial score (nSPS) is 14.6. The first kappa shape index (κ1) is 19.3. The van der Waals surface area contributed by atoms with Crippen LogP contribution in [0.1, 0.15) is 45.7 Å². The number of rotatable bonds is 9. The number of nitrogens with zero attached hydrogens (tertiary/aromatic N) is 2. The van der Waals surface area contributed by atoms with E-state index in [4.69, 9.17) is 10.5 Å². The minimum absolute atomic E-state index is 0.192. The summed E-state index contributed by atoms with van der Waals surface area (Å²) >= 11 is 0. The van der Waals surface area contributed by atoms with E-state index in [0.717, 1.165) is 25.3 Å². The number of nitrogens with one attached hydrogen (secondary N) is 1. The van der Waals surface area contributed by atoms with Gasteiger partial charge in [-0.1, -0.05) is 32.9 Å². The van der Waals surface area contributed by atoms with Gasteiger partial charge in [0.1, 0.15) is 5.75 Å². The molecule has 5 heteroatoms.